The molecule has 0 aliphatic carbocycles. The van der Waals surface area contributed by atoms with E-state index in [0.717, 1.165) is 22.2 Å². The SMILES string of the molecule is CNC(=O)c1cc(F)cc(Cn2ccc3cc(-c4conc4C)ccc3c2=O)c1. The lowest BCUT2D eigenvalue weighted by Gasteiger charge is -2.10. The van der Waals surface area contributed by atoms with Gasteiger partial charge in [0.2, 0.25) is 0 Å². The lowest BCUT2D eigenvalue weighted by atomic mass is 10.0. The van der Waals surface area contributed by atoms with Gasteiger partial charge in [-0.1, -0.05) is 11.2 Å². The van der Waals surface area contributed by atoms with E-state index < -0.39 is 5.82 Å². The minimum atomic E-state index is -0.524. The molecule has 0 bridgehead atoms. The topological polar surface area (TPSA) is 77.1 Å². The average molecular weight is 391 g/mol. The lowest BCUT2D eigenvalue weighted by Crippen LogP contribution is -2.21. The fourth-order valence-corrected chi connectivity index (χ4v) is 3.36. The van der Waals surface area contributed by atoms with E-state index >= 15 is 0 Å². The molecule has 0 fully saturated rings. The first-order chi connectivity index (χ1) is 14.0. The number of nitrogens with one attached hydrogen (secondary N) is 1. The summed E-state index contributed by atoms with van der Waals surface area (Å²) < 4.78 is 20.4. The van der Waals surface area contributed by atoms with Crippen LogP contribution in [0.3, 0.4) is 0 Å². The number of aromatic nitrogens is 2. The van der Waals surface area contributed by atoms with E-state index in [-0.39, 0.29) is 23.6 Å². The van der Waals surface area contributed by atoms with Crippen molar-refractivity contribution in [2.24, 2.45) is 0 Å². The van der Waals surface area contributed by atoms with Gasteiger partial charge in [-0.25, -0.2) is 4.39 Å². The smallest absolute Gasteiger partial charge is 0.258 e. The van der Waals surface area contributed by atoms with Crippen LogP contribution in [0.25, 0.3) is 21.9 Å². The van der Waals surface area contributed by atoms with Crippen LogP contribution in [0, 0.1) is 12.7 Å². The number of fused-ring (bicyclic) bond motifs is 1. The Bertz CT molecular complexity index is 1290. The van der Waals surface area contributed by atoms with Crippen molar-refractivity contribution < 1.29 is 13.7 Å². The van der Waals surface area contributed by atoms with E-state index in [4.69, 9.17) is 4.52 Å². The van der Waals surface area contributed by atoms with Gasteiger partial charge in [0.25, 0.3) is 11.5 Å². The maximum absolute atomic E-state index is 13.9. The average Bonchev–Trinajstić information content (AvgIpc) is 3.14. The van der Waals surface area contributed by atoms with E-state index in [1.165, 1.54) is 23.7 Å². The Hall–Kier alpha value is -3.74. The summed E-state index contributed by atoms with van der Waals surface area (Å²) in [4.78, 5) is 24.7. The predicted molar refractivity (Wildman–Crippen MR) is 107 cm³/mol. The molecular formula is C22H18FN3O3. The van der Waals surface area contributed by atoms with Gasteiger partial charge in [-0.15, -0.1) is 0 Å². The molecule has 1 N–H and O–H groups in total. The third kappa shape index (κ3) is 3.54. The highest BCUT2D eigenvalue weighted by Crippen LogP contribution is 2.25. The lowest BCUT2D eigenvalue weighted by molar-refractivity contribution is 0.0962. The number of carbonyl (C=O) groups is 1. The number of hydrogen-bond acceptors (Lipinski definition) is 4. The van der Waals surface area contributed by atoms with E-state index in [9.17, 15) is 14.0 Å². The molecule has 2 aromatic carbocycles. The molecule has 2 heterocycles. The molecule has 2 aromatic heterocycles. The molecule has 0 aliphatic rings. The van der Waals surface area contributed by atoms with E-state index in [0.29, 0.717) is 10.9 Å². The van der Waals surface area contributed by atoms with E-state index in [1.807, 2.05) is 25.1 Å². The summed E-state index contributed by atoms with van der Waals surface area (Å²) in [6.45, 7) is 2.01. The van der Waals surface area contributed by atoms with Crippen molar-refractivity contribution in [3.8, 4) is 11.1 Å². The van der Waals surface area contributed by atoms with Crippen LogP contribution in [0.2, 0.25) is 0 Å². The number of nitrogens with zero attached hydrogens (tertiary/aromatic N) is 2. The van der Waals surface area contributed by atoms with Gasteiger partial charge >= 0.3 is 0 Å². The molecule has 0 unspecified atom stereocenters. The number of halogens is 1. The monoisotopic (exact) mass is 391 g/mol. The van der Waals surface area contributed by atoms with Crippen LogP contribution >= 0.6 is 0 Å². The zero-order valence-electron chi connectivity index (χ0n) is 15.9. The predicted octanol–water partition coefficient (Wildman–Crippen LogP) is 3.51. The number of pyridine rings is 1. The van der Waals surface area contributed by atoms with Crippen LogP contribution < -0.4 is 10.9 Å². The first-order valence-electron chi connectivity index (χ1n) is 9.02. The summed E-state index contributed by atoms with van der Waals surface area (Å²) >= 11 is 0. The Morgan fingerprint density at radius 2 is 2.03 bits per heavy atom. The Kier molecular flexibility index (Phi) is 4.72. The van der Waals surface area contributed by atoms with Crippen LogP contribution in [0.5, 0.6) is 0 Å². The molecule has 4 rings (SSSR count). The molecule has 0 aliphatic heterocycles. The second-order valence-electron chi connectivity index (χ2n) is 6.79. The maximum Gasteiger partial charge on any atom is 0.258 e. The third-order valence-electron chi connectivity index (χ3n) is 4.84. The zero-order chi connectivity index (χ0) is 20.5. The van der Waals surface area contributed by atoms with Crippen molar-refractivity contribution in [1.29, 1.82) is 0 Å². The minimum absolute atomic E-state index is 0.156. The molecular weight excluding hydrogens is 373 g/mol. The van der Waals surface area contributed by atoms with Gasteiger partial charge in [-0.05, 0) is 59.8 Å². The van der Waals surface area contributed by atoms with Crippen LogP contribution in [-0.4, -0.2) is 22.7 Å². The molecule has 6 nitrogen and oxygen atoms in total. The van der Waals surface area contributed by atoms with Crippen molar-refractivity contribution in [2.75, 3.05) is 7.05 Å². The summed E-state index contributed by atoms with van der Waals surface area (Å²) in [5.41, 5.74) is 3.11. The largest absolute Gasteiger partial charge is 0.364 e. The van der Waals surface area contributed by atoms with Crippen LogP contribution in [0.15, 0.2) is 64.2 Å². The molecule has 0 saturated carbocycles. The minimum Gasteiger partial charge on any atom is -0.364 e. The molecule has 4 aromatic rings. The van der Waals surface area contributed by atoms with E-state index in [1.54, 1.807) is 24.6 Å². The number of rotatable bonds is 4. The number of benzene rings is 2. The fraction of sp³-hybridized carbons (Fsp3) is 0.136. The Morgan fingerprint density at radius 3 is 2.76 bits per heavy atom. The molecule has 0 saturated heterocycles. The molecule has 29 heavy (non-hydrogen) atoms. The summed E-state index contributed by atoms with van der Waals surface area (Å²) in [6.07, 6.45) is 3.24. The van der Waals surface area contributed by atoms with E-state index in [2.05, 4.69) is 10.5 Å². The molecule has 0 radical (unpaired) electrons. The molecule has 1 amide bonds. The van der Waals surface area contributed by atoms with Gasteiger partial charge in [0.1, 0.15) is 12.1 Å². The standard InChI is InChI=1S/C22H18FN3O3/c1-13-20(12-29-25-13)15-3-4-19-16(9-15)5-6-26(22(19)28)11-14-7-17(21(27)24-2)10-18(23)8-14/h3-10,12H,11H2,1-2H3,(H,24,27). The molecule has 0 spiro atoms. The highest BCUT2D eigenvalue weighted by Gasteiger charge is 2.11. The van der Waals surface area contributed by atoms with Crippen molar-refractivity contribution in [1.82, 2.24) is 15.0 Å². The molecule has 0 atom stereocenters. The zero-order valence-corrected chi connectivity index (χ0v) is 15.9. The molecule has 146 valence electrons. The Balaban J connectivity index is 1.72. The van der Waals surface area contributed by atoms with Crippen LogP contribution in [-0.2, 0) is 6.54 Å². The second kappa shape index (κ2) is 7.35. The highest BCUT2D eigenvalue weighted by molar-refractivity contribution is 5.94. The first kappa shape index (κ1) is 18.6. The van der Waals surface area contributed by atoms with Crippen molar-refractivity contribution in [3.63, 3.8) is 0 Å². The maximum atomic E-state index is 13.9. The van der Waals surface area contributed by atoms with Gasteiger partial charge < -0.3 is 14.4 Å². The number of carbonyl (C=O) groups excluding carboxylic acids is 1. The quantitative estimate of drug-likeness (QED) is 0.578. The first-order valence-corrected chi connectivity index (χ1v) is 9.02. The van der Waals surface area contributed by atoms with Gasteiger partial charge in [0.15, 0.2) is 0 Å². The van der Waals surface area contributed by atoms with Crippen molar-refractivity contribution in [3.05, 3.63) is 87.9 Å². The molecule has 7 heteroatoms. The number of amides is 1. The van der Waals surface area contributed by atoms with Gasteiger partial charge in [-0.3, -0.25) is 9.59 Å². The Morgan fingerprint density at radius 1 is 1.21 bits per heavy atom. The summed E-state index contributed by atoms with van der Waals surface area (Å²) in [5, 5.41) is 7.69. The van der Waals surface area contributed by atoms with Gasteiger partial charge in [0.05, 0.1) is 12.2 Å². The second-order valence-corrected chi connectivity index (χ2v) is 6.79. The van der Waals surface area contributed by atoms with Crippen molar-refractivity contribution in [2.45, 2.75) is 13.5 Å². The Labute approximate surface area is 165 Å². The summed E-state index contributed by atoms with van der Waals surface area (Å²) in [5.74, 6) is -0.906. The number of hydrogen-bond donors (Lipinski definition) is 1. The highest BCUT2D eigenvalue weighted by atomic mass is 19.1. The summed E-state index contributed by atoms with van der Waals surface area (Å²) in [7, 11) is 1.48. The number of aryl methyl sites for hydroxylation is 1. The fourth-order valence-electron chi connectivity index (χ4n) is 3.36. The van der Waals surface area contributed by atoms with Gasteiger partial charge in [0, 0.05) is 29.8 Å². The van der Waals surface area contributed by atoms with Crippen molar-refractivity contribution >= 4 is 16.7 Å². The van der Waals surface area contributed by atoms with Crippen LogP contribution in [0.1, 0.15) is 21.6 Å². The normalized spacial score (nSPS) is 11.0. The third-order valence-corrected chi connectivity index (χ3v) is 4.84. The van der Waals surface area contributed by atoms with Gasteiger partial charge in [-0.2, -0.15) is 0 Å². The van der Waals surface area contributed by atoms with Crippen LogP contribution in [0.4, 0.5) is 4.39 Å². The summed E-state index contributed by atoms with van der Waals surface area (Å²) in [6, 6.07) is 11.4.